The lowest BCUT2D eigenvalue weighted by Gasteiger charge is -2.00. The molecule has 0 aromatic heterocycles. The molecule has 0 amide bonds. The van der Waals surface area contributed by atoms with E-state index in [9.17, 15) is 4.79 Å². The average Bonchev–Trinajstić information content (AvgIpc) is 2.02. The van der Waals surface area contributed by atoms with Gasteiger partial charge >= 0.3 is 0 Å². The molecule has 0 heterocycles. The van der Waals surface area contributed by atoms with E-state index in [0.29, 0.717) is 0 Å². The van der Waals surface area contributed by atoms with Gasteiger partial charge in [0.25, 0.3) is 0 Å². The van der Waals surface area contributed by atoms with Crippen LogP contribution >= 0.6 is 9.24 Å². The Morgan fingerprint density at radius 1 is 1.46 bits per heavy atom. The second-order valence-electron chi connectivity index (χ2n) is 3.08. The molecule has 0 fully saturated rings. The van der Waals surface area contributed by atoms with Crippen molar-refractivity contribution in [3.05, 3.63) is 35.4 Å². The third kappa shape index (κ3) is 3.12. The van der Waals surface area contributed by atoms with Gasteiger partial charge < -0.3 is 0 Å². The van der Waals surface area contributed by atoms with Gasteiger partial charge in [-0.15, -0.1) is 9.24 Å². The molecule has 0 spiro atoms. The summed E-state index contributed by atoms with van der Waals surface area (Å²) in [7, 11) is 2.66. The molecular weight excluding hydrogens is 179 g/mol. The topological polar surface area (TPSA) is 17.1 Å². The first-order valence-electron chi connectivity index (χ1n) is 4.14. The highest BCUT2D eigenvalue weighted by Gasteiger charge is 1.94. The number of allylic oxidation sites excluding steroid dienone is 1. The molecule has 0 N–H and O–H groups in total. The van der Waals surface area contributed by atoms with Crippen LogP contribution in [-0.2, 0) is 4.79 Å². The van der Waals surface area contributed by atoms with Crippen molar-refractivity contribution in [2.45, 2.75) is 13.8 Å². The minimum absolute atomic E-state index is 0.0741. The Hall–Kier alpha value is -0.940. The minimum atomic E-state index is 0.0741. The van der Waals surface area contributed by atoms with E-state index in [2.05, 4.69) is 15.3 Å². The predicted octanol–water partition coefficient (Wildman–Crippen LogP) is 2.10. The van der Waals surface area contributed by atoms with Gasteiger partial charge in [0, 0.05) is 0 Å². The molecule has 1 atom stereocenters. The first kappa shape index (κ1) is 10.1. The van der Waals surface area contributed by atoms with E-state index >= 15 is 0 Å². The van der Waals surface area contributed by atoms with E-state index in [1.54, 1.807) is 13.0 Å². The molecule has 1 aromatic rings. The van der Waals surface area contributed by atoms with Gasteiger partial charge in [0.15, 0.2) is 5.78 Å². The fourth-order valence-electron chi connectivity index (χ4n) is 1.05. The van der Waals surface area contributed by atoms with Crippen LogP contribution in [-0.4, -0.2) is 5.78 Å². The van der Waals surface area contributed by atoms with Gasteiger partial charge in [-0.1, -0.05) is 29.8 Å². The Morgan fingerprint density at radius 3 is 2.69 bits per heavy atom. The molecule has 1 rings (SSSR count). The maximum absolute atomic E-state index is 10.7. The maximum Gasteiger partial charge on any atom is 0.152 e. The van der Waals surface area contributed by atoms with E-state index in [1.807, 2.05) is 25.1 Å². The zero-order valence-electron chi connectivity index (χ0n) is 7.87. The summed E-state index contributed by atoms with van der Waals surface area (Å²) in [4.78, 5) is 10.7. The van der Waals surface area contributed by atoms with Crippen molar-refractivity contribution >= 4 is 26.4 Å². The second-order valence-corrected chi connectivity index (χ2v) is 3.70. The number of rotatable bonds is 2. The van der Waals surface area contributed by atoms with E-state index in [0.717, 1.165) is 10.9 Å². The van der Waals surface area contributed by atoms with Crippen LogP contribution < -0.4 is 5.30 Å². The molecule has 0 saturated heterocycles. The van der Waals surface area contributed by atoms with Crippen molar-refractivity contribution < 1.29 is 4.79 Å². The number of carbonyl (C=O) groups is 1. The van der Waals surface area contributed by atoms with Crippen molar-refractivity contribution in [1.82, 2.24) is 0 Å². The van der Waals surface area contributed by atoms with Gasteiger partial charge in [0.05, 0.1) is 0 Å². The predicted molar refractivity (Wildman–Crippen MR) is 60.2 cm³/mol. The lowest BCUT2D eigenvalue weighted by Crippen LogP contribution is -1.97. The molecule has 0 bridgehead atoms. The van der Waals surface area contributed by atoms with Crippen LogP contribution in [0.2, 0.25) is 0 Å². The van der Waals surface area contributed by atoms with Crippen molar-refractivity contribution in [2.75, 3.05) is 0 Å². The molecule has 68 valence electrons. The smallest absolute Gasteiger partial charge is 0.152 e. The Morgan fingerprint density at radius 2 is 2.15 bits per heavy atom. The molecular formula is C11H13OP. The van der Waals surface area contributed by atoms with E-state index in [-0.39, 0.29) is 5.78 Å². The zero-order valence-corrected chi connectivity index (χ0v) is 9.03. The van der Waals surface area contributed by atoms with Crippen LogP contribution in [0.1, 0.15) is 18.1 Å². The molecule has 0 aliphatic carbocycles. The van der Waals surface area contributed by atoms with Gasteiger partial charge in [-0.2, -0.15) is 0 Å². The standard InChI is InChI=1S/C11H13OP/c1-8-3-5-10(11(13)7-8)6-4-9(2)12/h3-7H,13H2,1-2H3/b6-4+. The highest BCUT2D eigenvalue weighted by molar-refractivity contribution is 7.27. The summed E-state index contributed by atoms with van der Waals surface area (Å²) in [5.74, 6) is 0.0741. The van der Waals surface area contributed by atoms with Gasteiger partial charge in [-0.3, -0.25) is 4.79 Å². The van der Waals surface area contributed by atoms with Crippen LogP contribution in [0.3, 0.4) is 0 Å². The Bertz CT molecular complexity index is 353. The van der Waals surface area contributed by atoms with Crippen LogP contribution in [0.4, 0.5) is 0 Å². The van der Waals surface area contributed by atoms with E-state index in [1.165, 1.54) is 5.56 Å². The number of hydrogen-bond donors (Lipinski definition) is 0. The van der Waals surface area contributed by atoms with Gasteiger partial charge in [0.2, 0.25) is 0 Å². The molecule has 1 nitrogen and oxygen atoms in total. The van der Waals surface area contributed by atoms with Crippen LogP contribution in [0, 0.1) is 6.92 Å². The SMILES string of the molecule is CC(=O)/C=C/c1ccc(C)cc1P. The summed E-state index contributed by atoms with van der Waals surface area (Å²) in [5, 5.41) is 1.12. The summed E-state index contributed by atoms with van der Waals surface area (Å²) in [6.07, 6.45) is 3.42. The molecule has 0 radical (unpaired) electrons. The monoisotopic (exact) mass is 192 g/mol. The molecule has 2 heteroatoms. The third-order valence-corrected chi connectivity index (χ3v) is 2.24. The second kappa shape index (κ2) is 4.34. The summed E-state index contributed by atoms with van der Waals surface area (Å²) in [6, 6.07) is 6.12. The lowest BCUT2D eigenvalue weighted by molar-refractivity contribution is -0.112. The fraction of sp³-hybridized carbons (Fsp3) is 0.182. The van der Waals surface area contributed by atoms with Gasteiger partial charge in [0.1, 0.15) is 0 Å². The molecule has 1 aromatic carbocycles. The molecule has 0 saturated carbocycles. The van der Waals surface area contributed by atoms with Crippen molar-refractivity contribution in [1.29, 1.82) is 0 Å². The molecule has 0 aliphatic rings. The first-order valence-corrected chi connectivity index (χ1v) is 4.72. The number of benzene rings is 1. The van der Waals surface area contributed by atoms with Crippen molar-refractivity contribution in [3.63, 3.8) is 0 Å². The number of carbonyl (C=O) groups excluding carboxylic acids is 1. The number of hydrogen-bond acceptors (Lipinski definition) is 1. The highest BCUT2D eigenvalue weighted by atomic mass is 31.0. The maximum atomic E-state index is 10.7. The normalized spacial score (nSPS) is 10.7. The first-order chi connectivity index (χ1) is 6.09. The summed E-state index contributed by atoms with van der Waals surface area (Å²) < 4.78 is 0. The van der Waals surface area contributed by atoms with Gasteiger partial charge in [-0.25, -0.2) is 0 Å². The quantitative estimate of drug-likeness (QED) is 0.518. The highest BCUT2D eigenvalue weighted by Crippen LogP contribution is 2.06. The largest absolute Gasteiger partial charge is 0.295 e. The van der Waals surface area contributed by atoms with Crippen molar-refractivity contribution in [3.8, 4) is 0 Å². The van der Waals surface area contributed by atoms with Crippen molar-refractivity contribution in [2.24, 2.45) is 0 Å². The molecule has 1 unspecified atom stereocenters. The van der Waals surface area contributed by atoms with E-state index < -0.39 is 0 Å². The van der Waals surface area contributed by atoms with E-state index in [4.69, 9.17) is 0 Å². The lowest BCUT2D eigenvalue weighted by atomic mass is 10.1. The number of ketones is 1. The number of aryl methyl sites for hydroxylation is 1. The molecule has 13 heavy (non-hydrogen) atoms. The Kier molecular flexibility index (Phi) is 3.39. The third-order valence-electron chi connectivity index (χ3n) is 1.74. The Labute approximate surface area is 81.1 Å². The Balaban J connectivity index is 2.96. The minimum Gasteiger partial charge on any atom is -0.295 e. The van der Waals surface area contributed by atoms with Gasteiger partial charge in [-0.05, 0) is 30.8 Å². The molecule has 0 aliphatic heterocycles. The van der Waals surface area contributed by atoms with Crippen LogP contribution in [0.25, 0.3) is 6.08 Å². The summed E-state index contributed by atoms with van der Waals surface area (Å²) in [5.41, 5.74) is 2.30. The fourth-order valence-corrected chi connectivity index (χ4v) is 1.51. The van der Waals surface area contributed by atoms with Crippen LogP contribution in [0.5, 0.6) is 0 Å². The summed E-state index contributed by atoms with van der Waals surface area (Å²) >= 11 is 0. The average molecular weight is 192 g/mol. The van der Waals surface area contributed by atoms with Crippen LogP contribution in [0.15, 0.2) is 24.3 Å². The summed E-state index contributed by atoms with van der Waals surface area (Å²) in [6.45, 7) is 3.60. The zero-order chi connectivity index (χ0) is 9.84.